The molecule has 0 aliphatic heterocycles. The van der Waals surface area contributed by atoms with E-state index in [0.717, 1.165) is 4.31 Å². The van der Waals surface area contributed by atoms with Crippen LogP contribution < -0.4 is 0 Å². The Hall–Kier alpha value is -1.43. The molecule has 6 nitrogen and oxygen atoms in total. The second-order valence-electron chi connectivity index (χ2n) is 4.11. The Kier molecular flexibility index (Phi) is 5.28. The molecule has 1 aromatic carbocycles. The van der Waals surface area contributed by atoms with Crippen LogP contribution in [0.2, 0.25) is 0 Å². The summed E-state index contributed by atoms with van der Waals surface area (Å²) in [6.45, 7) is 1.42. The second kappa shape index (κ2) is 6.35. The molecule has 108 valence electrons. The van der Waals surface area contributed by atoms with Crippen LogP contribution in [0.4, 0.5) is 0 Å². The van der Waals surface area contributed by atoms with E-state index >= 15 is 0 Å². The summed E-state index contributed by atoms with van der Waals surface area (Å²) in [6.07, 6.45) is -0.913. The fourth-order valence-corrected chi connectivity index (χ4v) is 2.62. The lowest BCUT2D eigenvalue weighted by atomic mass is 10.2. The molecule has 1 rings (SSSR count). The number of rotatable bonds is 4. The fraction of sp³-hybridized carbons (Fsp3) is 0.333. The topological polar surface area (TPSA) is 87.5 Å². The smallest absolute Gasteiger partial charge is 0.340 e. The first-order chi connectivity index (χ1) is 9.20. The Morgan fingerprint density at radius 1 is 1.45 bits per heavy atom. The third-order valence-electron chi connectivity index (χ3n) is 2.40. The molecule has 8 heteroatoms. The maximum atomic E-state index is 12.0. The molecule has 0 saturated heterocycles. The van der Waals surface area contributed by atoms with Crippen molar-refractivity contribution >= 4 is 31.9 Å². The van der Waals surface area contributed by atoms with E-state index in [1.54, 1.807) is 6.07 Å². The number of sulfonamides is 1. The van der Waals surface area contributed by atoms with Crippen LogP contribution in [0.5, 0.6) is 0 Å². The number of ether oxygens (including phenoxy) is 1. The van der Waals surface area contributed by atoms with Crippen LogP contribution in [0.25, 0.3) is 0 Å². The highest BCUT2D eigenvalue weighted by atomic mass is 79.9. The lowest BCUT2D eigenvalue weighted by Crippen LogP contribution is -2.23. The highest BCUT2D eigenvalue weighted by Crippen LogP contribution is 2.23. The number of hydrogen-bond donors (Lipinski definition) is 0. The van der Waals surface area contributed by atoms with Crippen molar-refractivity contribution in [1.82, 2.24) is 4.31 Å². The molecule has 0 spiro atoms. The standard InChI is InChI=1S/C12H13BrN2O4S/c1-8(7-14)19-12(16)10-6-9(4-5-11(10)13)20(17,18)15(2)3/h4-6,8H,1-3H3/t8-/m1/s1. The zero-order chi connectivity index (χ0) is 15.5. The maximum absolute atomic E-state index is 12.0. The van der Waals surface area contributed by atoms with E-state index in [1.807, 2.05) is 0 Å². The van der Waals surface area contributed by atoms with Crippen molar-refractivity contribution in [2.75, 3.05) is 14.1 Å². The van der Waals surface area contributed by atoms with E-state index in [9.17, 15) is 13.2 Å². The van der Waals surface area contributed by atoms with Crippen molar-refractivity contribution in [3.05, 3.63) is 28.2 Å². The van der Waals surface area contributed by atoms with Crippen LogP contribution in [-0.2, 0) is 14.8 Å². The second-order valence-corrected chi connectivity index (χ2v) is 7.11. The first-order valence-electron chi connectivity index (χ1n) is 5.53. The summed E-state index contributed by atoms with van der Waals surface area (Å²) in [4.78, 5) is 11.8. The fourth-order valence-electron chi connectivity index (χ4n) is 1.28. The number of benzene rings is 1. The van der Waals surface area contributed by atoms with Gasteiger partial charge in [0.25, 0.3) is 0 Å². The van der Waals surface area contributed by atoms with Gasteiger partial charge in [-0.1, -0.05) is 0 Å². The van der Waals surface area contributed by atoms with Crippen LogP contribution in [0.1, 0.15) is 17.3 Å². The van der Waals surface area contributed by atoms with Crippen LogP contribution >= 0.6 is 15.9 Å². The summed E-state index contributed by atoms with van der Waals surface area (Å²) in [5.74, 6) is -0.762. The Labute approximate surface area is 126 Å². The molecule has 0 radical (unpaired) electrons. The summed E-state index contributed by atoms with van der Waals surface area (Å²) in [5.41, 5.74) is 0.0509. The number of carbonyl (C=O) groups excluding carboxylic acids is 1. The third-order valence-corrected chi connectivity index (χ3v) is 4.90. The van der Waals surface area contributed by atoms with E-state index in [1.165, 1.54) is 39.2 Å². The molecule has 0 N–H and O–H groups in total. The Morgan fingerprint density at radius 3 is 2.55 bits per heavy atom. The van der Waals surface area contributed by atoms with Gasteiger partial charge in [0.05, 0.1) is 10.5 Å². The van der Waals surface area contributed by atoms with Crippen molar-refractivity contribution < 1.29 is 17.9 Å². The largest absolute Gasteiger partial charge is 0.444 e. The number of esters is 1. The van der Waals surface area contributed by atoms with Gasteiger partial charge in [0.15, 0.2) is 6.10 Å². The van der Waals surface area contributed by atoms with Crippen molar-refractivity contribution in [1.29, 1.82) is 5.26 Å². The summed E-state index contributed by atoms with van der Waals surface area (Å²) in [6, 6.07) is 5.80. The number of halogens is 1. The number of nitriles is 1. The van der Waals surface area contributed by atoms with E-state index < -0.39 is 22.1 Å². The Bertz CT molecular complexity index is 665. The molecule has 20 heavy (non-hydrogen) atoms. The van der Waals surface area contributed by atoms with E-state index in [0.29, 0.717) is 4.47 Å². The summed E-state index contributed by atoms with van der Waals surface area (Å²) in [7, 11) is -0.852. The van der Waals surface area contributed by atoms with Crippen LogP contribution in [-0.4, -0.2) is 38.9 Å². The van der Waals surface area contributed by atoms with E-state index in [-0.39, 0.29) is 10.5 Å². The van der Waals surface area contributed by atoms with E-state index in [2.05, 4.69) is 15.9 Å². The van der Waals surface area contributed by atoms with Gasteiger partial charge in [0.2, 0.25) is 10.0 Å². The van der Waals surface area contributed by atoms with Gasteiger partial charge in [0, 0.05) is 18.6 Å². The number of hydrogen-bond acceptors (Lipinski definition) is 5. The molecule has 1 atom stereocenters. The number of carbonyl (C=O) groups is 1. The van der Waals surface area contributed by atoms with Gasteiger partial charge in [-0.2, -0.15) is 5.26 Å². The molecule has 0 aromatic heterocycles. The SMILES string of the molecule is C[C@H](C#N)OC(=O)c1cc(S(=O)(=O)N(C)C)ccc1Br. The summed E-state index contributed by atoms with van der Waals surface area (Å²) in [5, 5.41) is 8.62. The molecule has 1 aromatic rings. The lowest BCUT2D eigenvalue weighted by molar-refractivity contribution is 0.0434. The van der Waals surface area contributed by atoms with Crippen molar-refractivity contribution in [2.24, 2.45) is 0 Å². The van der Waals surface area contributed by atoms with Gasteiger partial charge >= 0.3 is 5.97 Å². The molecule has 0 aliphatic carbocycles. The van der Waals surface area contributed by atoms with Crippen molar-refractivity contribution in [3.8, 4) is 6.07 Å². The van der Waals surface area contributed by atoms with Crippen LogP contribution in [0.15, 0.2) is 27.6 Å². The quantitative estimate of drug-likeness (QED) is 0.763. The molecular formula is C12H13BrN2O4S. The van der Waals surface area contributed by atoms with Gasteiger partial charge in [-0.25, -0.2) is 17.5 Å². The zero-order valence-electron chi connectivity index (χ0n) is 11.1. The van der Waals surface area contributed by atoms with Gasteiger partial charge < -0.3 is 4.74 Å². The minimum atomic E-state index is -3.64. The van der Waals surface area contributed by atoms with Crippen molar-refractivity contribution in [2.45, 2.75) is 17.9 Å². The third kappa shape index (κ3) is 3.56. The predicted molar refractivity (Wildman–Crippen MR) is 75.5 cm³/mol. The summed E-state index contributed by atoms with van der Waals surface area (Å²) >= 11 is 3.15. The van der Waals surface area contributed by atoms with Crippen LogP contribution in [0.3, 0.4) is 0 Å². The molecule has 0 amide bonds. The summed E-state index contributed by atoms with van der Waals surface area (Å²) < 4.78 is 30.3. The zero-order valence-corrected chi connectivity index (χ0v) is 13.5. The maximum Gasteiger partial charge on any atom is 0.340 e. The highest BCUT2D eigenvalue weighted by Gasteiger charge is 2.22. The molecule has 0 fully saturated rings. The molecule has 0 heterocycles. The van der Waals surface area contributed by atoms with E-state index in [4.69, 9.17) is 10.00 Å². The molecule has 0 bridgehead atoms. The molecule has 0 unspecified atom stereocenters. The first-order valence-corrected chi connectivity index (χ1v) is 7.76. The average Bonchev–Trinajstić information content (AvgIpc) is 2.38. The normalized spacial score (nSPS) is 12.8. The van der Waals surface area contributed by atoms with Gasteiger partial charge in [-0.05, 0) is 41.1 Å². The molecule has 0 saturated carbocycles. The van der Waals surface area contributed by atoms with Gasteiger partial charge in [-0.15, -0.1) is 0 Å². The Morgan fingerprint density at radius 2 is 2.05 bits per heavy atom. The highest BCUT2D eigenvalue weighted by molar-refractivity contribution is 9.10. The average molecular weight is 361 g/mol. The van der Waals surface area contributed by atoms with Crippen LogP contribution in [0, 0.1) is 11.3 Å². The predicted octanol–water partition coefficient (Wildman–Crippen LogP) is 1.77. The lowest BCUT2D eigenvalue weighted by Gasteiger charge is -2.13. The van der Waals surface area contributed by atoms with Gasteiger partial charge in [-0.3, -0.25) is 0 Å². The van der Waals surface area contributed by atoms with Gasteiger partial charge in [0.1, 0.15) is 6.07 Å². The minimum Gasteiger partial charge on any atom is -0.444 e. The van der Waals surface area contributed by atoms with Crippen molar-refractivity contribution in [3.63, 3.8) is 0 Å². The first kappa shape index (κ1) is 16.6. The molecular weight excluding hydrogens is 348 g/mol. The number of nitrogens with zero attached hydrogens (tertiary/aromatic N) is 2. The minimum absolute atomic E-state index is 0.0257. The monoisotopic (exact) mass is 360 g/mol. The molecule has 0 aliphatic rings. The Balaban J connectivity index is 3.24.